The van der Waals surface area contributed by atoms with Gasteiger partial charge in [0.25, 0.3) is 0 Å². The second-order valence-corrected chi connectivity index (χ2v) is 8.01. The molecule has 0 aromatic heterocycles. The summed E-state index contributed by atoms with van der Waals surface area (Å²) in [7, 11) is 1.31. The first kappa shape index (κ1) is 21.3. The minimum atomic E-state index is -0.635. The Morgan fingerprint density at radius 1 is 1.16 bits per heavy atom. The van der Waals surface area contributed by atoms with Crippen molar-refractivity contribution in [2.45, 2.75) is 53.1 Å². The fourth-order valence-corrected chi connectivity index (χ4v) is 2.73. The maximum atomic E-state index is 12.4. The van der Waals surface area contributed by atoms with E-state index in [1.807, 2.05) is 0 Å². The number of nitrogens with zero attached hydrogens (tertiary/aromatic N) is 1. The molecule has 1 N–H and O–H groups in total. The Bertz CT molecular complexity index is 484. The largest absolute Gasteiger partial charge is 0.469 e. The number of nitrogens with one attached hydrogen (secondary N) is 1. The number of rotatable bonds is 5. The molecule has 0 radical (unpaired) electrons. The monoisotopic (exact) mass is 356 g/mol. The number of amides is 2. The summed E-state index contributed by atoms with van der Waals surface area (Å²) in [5, 5.41) is 2.90. The van der Waals surface area contributed by atoms with Gasteiger partial charge in [0.2, 0.25) is 5.91 Å². The molecule has 0 unspecified atom stereocenters. The molecule has 25 heavy (non-hydrogen) atoms. The number of esters is 1. The van der Waals surface area contributed by atoms with Crippen LogP contribution in [-0.2, 0) is 19.1 Å². The lowest BCUT2D eigenvalue weighted by atomic mass is 9.88. The first-order valence-electron chi connectivity index (χ1n) is 8.87. The number of hydrogen-bond acceptors (Lipinski definition) is 5. The summed E-state index contributed by atoms with van der Waals surface area (Å²) >= 11 is 0. The summed E-state index contributed by atoms with van der Waals surface area (Å²) < 4.78 is 10.2. The quantitative estimate of drug-likeness (QED) is 0.763. The molecule has 144 valence electrons. The van der Waals surface area contributed by atoms with E-state index in [1.54, 1.807) is 20.8 Å². The Kier molecular flexibility index (Phi) is 7.70. The lowest BCUT2D eigenvalue weighted by molar-refractivity contribution is -0.148. The number of hydrogen-bond donors (Lipinski definition) is 1. The van der Waals surface area contributed by atoms with Crippen LogP contribution in [0.5, 0.6) is 0 Å². The zero-order valence-electron chi connectivity index (χ0n) is 16.3. The van der Waals surface area contributed by atoms with Crippen molar-refractivity contribution in [1.82, 2.24) is 10.2 Å². The average molecular weight is 356 g/mol. The van der Waals surface area contributed by atoms with Crippen LogP contribution in [0.4, 0.5) is 4.79 Å². The van der Waals surface area contributed by atoms with E-state index in [9.17, 15) is 14.4 Å². The minimum absolute atomic E-state index is 0.136. The van der Waals surface area contributed by atoms with E-state index in [-0.39, 0.29) is 19.0 Å². The van der Waals surface area contributed by atoms with Gasteiger partial charge in [-0.3, -0.25) is 9.59 Å². The Morgan fingerprint density at radius 3 is 2.28 bits per heavy atom. The van der Waals surface area contributed by atoms with Crippen LogP contribution in [0, 0.1) is 17.8 Å². The van der Waals surface area contributed by atoms with Crippen LogP contribution in [0.25, 0.3) is 0 Å². The highest BCUT2D eigenvalue weighted by Crippen LogP contribution is 2.25. The van der Waals surface area contributed by atoms with Crippen LogP contribution in [0.3, 0.4) is 0 Å². The van der Waals surface area contributed by atoms with E-state index in [4.69, 9.17) is 9.47 Å². The third-order valence-electron chi connectivity index (χ3n) is 4.03. The summed E-state index contributed by atoms with van der Waals surface area (Å²) in [6.07, 6.45) is 0.745. The van der Waals surface area contributed by atoms with Gasteiger partial charge in [-0.2, -0.15) is 0 Å². The van der Waals surface area contributed by atoms with Crippen molar-refractivity contribution >= 4 is 18.0 Å². The van der Waals surface area contributed by atoms with Crippen LogP contribution in [-0.4, -0.2) is 55.2 Å². The van der Waals surface area contributed by atoms with Crippen molar-refractivity contribution in [2.24, 2.45) is 17.8 Å². The number of carbonyl (C=O) groups is 3. The molecule has 7 nitrogen and oxygen atoms in total. The first-order valence-corrected chi connectivity index (χ1v) is 8.87. The molecule has 0 bridgehead atoms. The normalized spacial score (nSPS) is 21.0. The Labute approximate surface area is 150 Å². The maximum absolute atomic E-state index is 12.4. The summed E-state index contributed by atoms with van der Waals surface area (Å²) in [6, 6.07) is 0. The van der Waals surface area contributed by atoms with Gasteiger partial charge in [-0.15, -0.1) is 0 Å². The van der Waals surface area contributed by atoms with Gasteiger partial charge in [0.15, 0.2) is 0 Å². The van der Waals surface area contributed by atoms with Crippen molar-refractivity contribution in [3.05, 3.63) is 0 Å². The molecule has 1 aliphatic heterocycles. The molecule has 2 amide bonds. The summed E-state index contributed by atoms with van der Waals surface area (Å²) in [5.41, 5.74) is -0.635. The summed E-state index contributed by atoms with van der Waals surface area (Å²) in [5.74, 6) is -1.02. The number of carbonyl (C=O) groups excluding carboxylic acids is 3. The number of methoxy groups -OCH3 is 1. The number of ether oxygens (including phenoxy) is 2. The molecule has 0 spiro atoms. The van der Waals surface area contributed by atoms with E-state index in [2.05, 4.69) is 19.2 Å². The maximum Gasteiger partial charge on any atom is 0.410 e. The van der Waals surface area contributed by atoms with Crippen LogP contribution in [0.15, 0.2) is 0 Å². The predicted molar refractivity (Wildman–Crippen MR) is 93.9 cm³/mol. The summed E-state index contributed by atoms with van der Waals surface area (Å²) in [4.78, 5) is 38.2. The smallest absolute Gasteiger partial charge is 0.410 e. The fourth-order valence-electron chi connectivity index (χ4n) is 2.73. The zero-order chi connectivity index (χ0) is 19.2. The van der Waals surface area contributed by atoms with Gasteiger partial charge in [0.05, 0.1) is 18.9 Å². The number of piperidine rings is 1. The van der Waals surface area contributed by atoms with Gasteiger partial charge in [-0.1, -0.05) is 13.8 Å². The molecule has 0 aromatic carbocycles. The fraction of sp³-hybridized carbons (Fsp3) is 0.833. The highest BCUT2D eigenvalue weighted by Gasteiger charge is 2.38. The average Bonchev–Trinajstić information content (AvgIpc) is 2.51. The molecule has 0 aliphatic carbocycles. The first-order chi connectivity index (χ1) is 11.5. The van der Waals surface area contributed by atoms with E-state index in [0.29, 0.717) is 18.9 Å². The molecule has 1 aliphatic rings. The highest BCUT2D eigenvalue weighted by molar-refractivity contribution is 5.82. The molecule has 0 saturated carbocycles. The van der Waals surface area contributed by atoms with Gasteiger partial charge in [-0.05, 0) is 39.5 Å². The molecule has 0 aromatic rings. The Morgan fingerprint density at radius 2 is 1.76 bits per heavy atom. The minimum Gasteiger partial charge on any atom is -0.469 e. The topological polar surface area (TPSA) is 84.9 Å². The van der Waals surface area contributed by atoms with Gasteiger partial charge in [0, 0.05) is 19.6 Å². The van der Waals surface area contributed by atoms with Gasteiger partial charge < -0.3 is 19.7 Å². The van der Waals surface area contributed by atoms with Gasteiger partial charge >= 0.3 is 12.1 Å². The highest BCUT2D eigenvalue weighted by atomic mass is 16.6. The van der Waals surface area contributed by atoms with Crippen molar-refractivity contribution in [1.29, 1.82) is 0 Å². The van der Waals surface area contributed by atoms with Gasteiger partial charge in [0.1, 0.15) is 5.60 Å². The van der Waals surface area contributed by atoms with Crippen molar-refractivity contribution in [3.8, 4) is 0 Å². The van der Waals surface area contributed by atoms with E-state index in [0.717, 1.165) is 6.42 Å². The zero-order valence-corrected chi connectivity index (χ0v) is 16.3. The lowest BCUT2D eigenvalue weighted by Gasteiger charge is -2.36. The Hall–Kier alpha value is -1.79. The molecular formula is C18H32N2O5. The third-order valence-corrected chi connectivity index (χ3v) is 4.03. The molecule has 7 heteroatoms. The van der Waals surface area contributed by atoms with Crippen LogP contribution >= 0.6 is 0 Å². The molecule has 1 saturated heterocycles. The Balaban J connectivity index is 2.78. The second kappa shape index (κ2) is 9.06. The second-order valence-electron chi connectivity index (χ2n) is 8.01. The van der Waals surface area contributed by atoms with Crippen molar-refractivity contribution < 1.29 is 23.9 Å². The standard InChI is InChI=1S/C18H32N2O5/c1-12(2)7-8-19-15(21)13-9-14(16(22)24-6)11-20(10-13)17(23)25-18(3,4)5/h12-14H,7-11H2,1-6H3,(H,19,21)/t13-,14+/m1/s1. The summed E-state index contributed by atoms with van der Waals surface area (Å²) in [6.45, 7) is 10.6. The van der Waals surface area contributed by atoms with Crippen molar-refractivity contribution in [2.75, 3.05) is 26.7 Å². The molecule has 1 fully saturated rings. The molecule has 2 atom stereocenters. The van der Waals surface area contributed by atoms with E-state index < -0.39 is 29.5 Å². The van der Waals surface area contributed by atoms with Crippen LogP contribution < -0.4 is 5.32 Å². The third kappa shape index (κ3) is 7.32. The predicted octanol–water partition coefficient (Wildman–Crippen LogP) is 2.19. The number of likely N-dealkylation sites (tertiary alicyclic amines) is 1. The lowest BCUT2D eigenvalue weighted by Crippen LogP contribution is -2.51. The molecule has 1 heterocycles. The van der Waals surface area contributed by atoms with Gasteiger partial charge in [-0.25, -0.2) is 4.79 Å². The van der Waals surface area contributed by atoms with Crippen LogP contribution in [0.1, 0.15) is 47.5 Å². The van der Waals surface area contributed by atoms with Crippen molar-refractivity contribution in [3.63, 3.8) is 0 Å². The SMILES string of the molecule is COC(=O)[C@H]1C[C@@H](C(=O)NCCC(C)C)CN(C(=O)OC(C)(C)C)C1. The molecular weight excluding hydrogens is 324 g/mol. The molecule has 1 rings (SSSR count). The van der Waals surface area contributed by atoms with E-state index in [1.165, 1.54) is 12.0 Å². The van der Waals surface area contributed by atoms with Crippen LogP contribution in [0.2, 0.25) is 0 Å². The van der Waals surface area contributed by atoms with E-state index >= 15 is 0 Å².